The van der Waals surface area contributed by atoms with Gasteiger partial charge in [0.1, 0.15) is 36.3 Å². The van der Waals surface area contributed by atoms with Crippen LogP contribution in [0.1, 0.15) is 43.9 Å². The van der Waals surface area contributed by atoms with Crippen molar-refractivity contribution in [2.24, 2.45) is 5.92 Å². The molecule has 7 N–H and O–H groups in total. The molecule has 2 aromatic carbocycles. The summed E-state index contributed by atoms with van der Waals surface area (Å²) in [7, 11) is 0. The number of rotatable bonds is 6. The van der Waals surface area contributed by atoms with Crippen LogP contribution in [0.25, 0.3) is 10.8 Å². The van der Waals surface area contributed by atoms with E-state index in [0.717, 1.165) is 10.8 Å². The third-order valence-electron chi connectivity index (χ3n) is 7.37. The Morgan fingerprint density at radius 2 is 1.66 bits per heavy atom. The molecule has 2 saturated heterocycles. The molecule has 9 heteroatoms. The van der Waals surface area contributed by atoms with Crippen LogP contribution in [-0.4, -0.2) is 91.2 Å². The van der Waals surface area contributed by atoms with Crippen LogP contribution < -0.4 is 0 Å². The number of hydrogen-bond acceptors (Lipinski definition) is 9. The Morgan fingerprint density at radius 1 is 0.943 bits per heavy atom. The van der Waals surface area contributed by atoms with E-state index < -0.39 is 61.5 Å². The molecule has 0 amide bonds. The number of phenols is 1. The zero-order valence-corrected chi connectivity index (χ0v) is 19.9. The SMILES string of the molecule is CC(Cc1cc2ccccc2c([C@H]2C[C@@H](O)[C@H](O)[C@@H](CO)O2)c1O)C[C@@H]1O[C@@H](C)[C@@H](O)[C@@H](O)[C@@H]1O. The molecule has 0 aromatic heterocycles. The fraction of sp³-hybridized carbons (Fsp3) is 0.615. The minimum Gasteiger partial charge on any atom is -0.507 e. The summed E-state index contributed by atoms with van der Waals surface area (Å²) in [5, 5.41) is 73.5. The van der Waals surface area contributed by atoms with E-state index in [1.54, 1.807) is 6.92 Å². The maximum absolute atomic E-state index is 11.3. The lowest BCUT2D eigenvalue weighted by molar-refractivity contribution is -0.220. The first-order valence-corrected chi connectivity index (χ1v) is 12.2. The second-order valence-corrected chi connectivity index (χ2v) is 10.1. The first-order valence-electron chi connectivity index (χ1n) is 12.2. The van der Waals surface area contributed by atoms with Crippen molar-refractivity contribution in [2.45, 2.75) is 88.0 Å². The molecule has 2 aliphatic heterocycles. The molecule has 0 spiro atoms. The molecule has 35 heavy (non-hydrogen) atoms. The molecular weight excluding hydrogens is 456 g/mol. The van der Waals surface area contributed by atoms with Gasteiger partial charge >= 0.3 is 0 Å². The Balaban J connectivity index is 1.61. The fourth-order valence-corrected chi connectivity index (χ4v) is 5.38. The van der Waals surface area contributed by atoms with Gasteiger partial charge in [-0.2, -0.15) is 0 Å². The second kappa shape index (κ2) is 10.7. The molecule has 1 unspecified atom stereocenters. The Bertz CT molecular complexity index is 1010. The van der Waals surface area contributed by atoms with Gasteiger partial charge in [-0.3, -0.25) is 0 Å². The van der Waals surface area contributed by atoms with Gasteiger partial charge in [0.25, 0.3) is 0 Å². The Hall–Kier alpha value is -1.82. The molecule has 0 aliphatic carbocycles. The lowest BCUT2D eigenvalue weighted by Crippen LogP contribution is -2.56. The van der Waals surface area contributed by atoms with Gasteiger partial charge in [0, 0.05) is 12.0 Å². The van der Waals surface area contributed by atoms with Crippen LogP contribution in [0.4, 0.5) is 0 Å². The summed E-state index contributed by atoms with van der Waals surface area (Å²) < 4.78 is 11.6. The summed E-state index contributed by atoms with van der Waals surface area (Å²) in [5.41, 5.74) is 1.14. The number of phenolic OH excluding ortho intramolecular Hbond substituents is 1. The first kappa shape index (κ1) is 26.2. The molecule has 2 heterocycles. The summed E-state index contributed by atoms with van der Waals surface area (Å²) >= 11 is 0. The highest BCUT2D eigenvalue weighted by Gasteiger charge is 2.42. The van der Waals surface area contributed by atoms with Gasteiger partial charge in [0.15, 0.2) is 0 Å². The van der Waals surface area contributed by atoms with Crippen LogP contribution in [0, 0.1) is 5.92 Å². The van der Waals surface area contributed by atoms with Gasteiger partial charge in [0.2, 0.25) is 0 Å². The first-order chi connectivity index (χ1) is 16.6. The maximum Gasteiger partial charge on any atom is 0.125 e. The van der Waals surface area contributed by atoms with E-state index in [1.165, 1.54) is 0 Å². The summed E-state index contributed by atoms with van der Waals surface area (Å²) in [6.45, 7) is 3.13. The Labute approximate surface area is 204 Å². The zero-order valence-electron chi connectivity index (χ0n) is 19.9. The topological polar surface area (TPSA) is 160 Å². The number of benzene rings is 2. The van der Waals surface area contributed by atoms with Crippen LogP contribution >= 0.6 is 0 Å². The van der Waals surface area contributed by atoms with Crippen molar-refractivity contribution < 1.29 is 45.2 Å². The molecule has 9 nitrogen and oxygen atoms in total. The van der Waals surface area contributed by atoms with Crippen molar-refractivity contribution in [2.75, 3.05) is 6.61 Å². The maximum atomic E-state index is 11.3. The van der Waals surface area contributed by atoms with Crippen molar-refractivity contribution in [1.82, 2.24) is 0 Å². The van der Waals surface area contributed by atoms with Crippen LogP contribution in [-0.2, 0) is 15.9 Å². The number of fused-ring (bicyclic) bond motifs is 1. The van der Waals surface area contributed by atoms with E-state index >= 15 is 0 Å². The van der Waals surface area contributed by atoms with E-state index in [-0.39, 0.29) is 18.1 Å². The van der Waals surface area contributed by atoms with Crippen LogP contribution in [0.5, 0.6) is 5.75 Å². The third-order valence-corrected chi connectivity index (χ3v) is 7.37. The Kier molecular flexibility index (Phi) is 7.99. The highest BCUT2D eigenvalue weighted by molar-refractivity contribution is 5.89. The minimum atomic E-state index is -1.29. The average Bonchev–Trinajstić information content (AvgIpc) is 2.83. The van der Waals surface area contributed by atoms with Crippen LogP contribution in [0.3, 0.4) is 0 Å². The van der Waals surface area contributed by atoms with E-state index in [4.69, 9.17) is 9.47 Å². The van der Waals surface area contributed by atoms with Gasteiger partial charge in [-0.25, -0.2) is 0 Å². The summed E-state index contributed by atoms with van der Waals surface area (Å²) in [5.74, 6) is -0.0381. The van der Waals surface area contributed by atoms with Gasteiger partial charge in [-0.05, 0) is 48.1 Å². The van der Waals surface area contributed by atoms with Crippen LogP contribution in [0.15, 0.2) is 30.3 Å². The highest BCUT2D eigenvalue weighted by Crippen LogP contribution is 2.43. The molecule has 4 rings (SSSR count). The smallest absolute Gasteiger partial charge is 0.125 e. The largest absolute Gasteiger partial charge is 0.507 e. The third kappa shape index (κ3) is 5.19. The van der Waals surface area contributed by atoms with Gasteiger partial charge in [0.05, 0.1) is 31.0 Å². The average molecular weight is 493 g/mol. The lowest BCUT2D eigenvalue weighted by atomic mass is 9.85. The molecular formula is C26H36O9. The fourth-order valence-electron chi connectivity index (χ4n) is 5.38. The molecule has 0 bridgehead atoms. The standard InChI is InChI=1S/C26H36O9/c1-12(8-19-25(32)26(33)22(29)13(2)34-19)7-15-9-14-5-3-4-6-16(14)21(23(15)30)18-10-17(28)24(31)20(11-27)35-18/h3-6,9,12-13,17-20,22,24-33H,7-8,10-11H2,1-2H3/t12?,13-,17+,18+,19-,20+,22+,24-,25+,26+/m0/s1. The predicted octanol–water partition coefficient (Wildman–Crippen LogP) is 0.528. The van der Waals surface area contributed by atoms with E-state index in [1.807, 2.05) is 37.3 Å². The van der Waals surface area contributed by atoms with Crippen molar-refractivity contribution >= 4 is 10.8 Å². The quantitative estimate of drug-likeness (QED) is 0.305. The summed E-state index contributed by atoms with van der Waals surface area (Å²) in [6.07, 6.45) is -8.08. The van der Waals surface area contributed by atoms with E-state index in [0.29, 0.717) is 24.0 Å². The predicted molar refractivity (Wildman–Crippen MR) is 127 cm³/mol. The number of ether oxygens (including phenoxy) is 2. The number of aliphatic hydroxyl groups excluding tert-OH is 6. The van der Waals surface area contributed by atoms with E-state index in [2.05, 4.69) is 0 Å². The number of hydrogen-bond donors (Lipinski definition) is 7. The monoisotopic (exact) mass is 492 g/mol. The van der Waals surface area contributed by atoms with Crippen LogP contribution in [0.2, 0.25) is 0 Å². The van der Waals surface area contributed by atoms with Crippen molar-refractivity contribution in [3.05, 3.63) is 41.5 Å². The Morgan fingerprint density at radius 3 is 2.37 bits per heavy atom. The van der Waals surface area contributed by atoms with Crippen molar-refractivity contribution in [3.8, 4) is 5.75 Å². The number of aliphatic hydroxyl groups is 6. The molecule has 0 radical (unpaired) electrons. The highest BCUT2D eigenvalue weighted by atomic mass is 16.5. The molecule has 0 saturated carbocycles. The summed E-state index contributed by atoms with van der Waals surface area (Å²) in [4.78, 5) is 0. The minimum absolute atomic E-state index is 0.0229. The molecule has 194 valence electrons. The van der Waals surface area contributed by atoms with Crippen molar-refractivity contribution in [3.63, 3.8) is 0 Å². The number of aromatic hydroxyl groups is 1. The molecule has 2 aromatic rings. The van der Waals surface area contributed by atoms with Gasteiger partial charge in [-0.1, -0.05) is 31.2 Å². The van der Waals surface area contributed by atoms with E-state index in [9.17, 15) is 35.7 Å². The molecule has 2 aliphatic rings. The lowest BCUT2D eigenvalue weighted by Gasteiger charge is -2.40. The van der Waals surface area contributed by atoms with Gasteiger partial charge in [-0.15, -0.1) is 0 Å². The second-order valence-electron chi connectivity index (χ2n) is 10.1. The van der Waals surface area contributed by atoms with Gasteiger partial charge < -0.3 is 45.2 Å². The molecule has 2 fully saturated rings. The van der Waals surface area contributed by atoms with Crippen molar-refractivity contribution in [1.29, 1.82) is 0 Å². The molecule has 10 atom stereocenters. The zero-order chi connectivity index (χ0) is 25.4. The summed E-state index contributed by atoms with van der Waals surface area (Å²) in [6, 6.07) is 9.38. The normalized spacial score (nSPS) is 36.9.